The molecular formula is C17H16FNOS. The van der Waals surface area contributed by atoms with E-state index in [4.69, 9.17) is 0 Å². The molecule has 1 saturated heterocycles. The van der Waals surface area contributed by atoms with Crippen molar-refractivity contribution in [1.82, 2.24) is 4.90 Å². The van der Waals surface area contributed by atoms with E-state index < -0.39 is 0 Å². The summed E-state index contributed by atoms with van der Waals surface area (Å²) in [5, 5.41) is 2.05. The Labute approximate surface area is 127 Å². The molecule has 21 heavy (non-hydrogen) atoms. The Bertz CT molecular complexity index is 633. The van der Waals surface area contributed by atoms with Gasteiger partial charge in [-0.25, -0.2) is 4.39 Å². The Balaban J connectivity index is 1.71. The number of benzene rings is 1. The van der Waals surface area contributed by atoms with Crippen molar-refractivity contribution in [3.63, 3.8) is 0 Å². The van der Waals surface area contributed by atoms with Gasteiger partial charge in [0.1, 0.15) is 5.82 Å². The molecule has 1 amide bonds. The summed E-state index contributed by atoms with van der Waals surface area (Å²) in [4.78, 5) is 15.5. The van der Waals surface area contributed by atoms with Crippen LogP contribution < -0.4 is 0 Å². The smallest absolute Gasteiger partial charge is 0.247 e. The molecule has 3 rings (SSSR count). The van der Waals surface area contributed by atoms with E-state index in [-0.39, 0.29) is 17.8 Å². The molecule has 0 aliphatic carbocycles. The minimum absolute atomic E-state index is 0.0234. The van der Waals surface area contributed by atoms with Crippen LogP contribution in [0.3, 0.4) is 0 Å². The lowest BCUT2D eigenvalue weighted by Crippen LogP contribution is -2.28. The number of halogens is 1. The van der Waals surface area contributed by atoms with Crippen LogP contribution in [0, 0.1) is 5.82 Å². The average Bonchev–Trinajstić information content (AvgIpc) is 3.16. The van der Waals surface area contributed by atoms with Gasteiger partial charge in [-0.2, -0.15) is 0 Å². The zero-order valence-corrected chi connectivity index (χ0v) is 12.4. The summed E-state index contributed by atoms with van der Waals surface area (Å²) in [7, 11) is 0. The van der Waals surface area contributed by atoms with Crippen LogP contribution in [-0.2, 0) is 4.79 Å². The lowest BCUT2D eigenvalue weighted by atomic mass is 10.1. The second-order valence-corrected chi connectivity index (χ2v) is 6.07. The van der Waals surface area contributed by atoms with E-state index in [1.165, 1.54) is 17.0 Å². The predicted octanol–water partition coefficient (Wildman–Crippen LogP) is 4.26. The molecule has 1 atom stereocenters. The van der Waals surface area contributed by atoms with Gasteiger partial charge in [-0.1, -0.05) is 18.2 Å². The monoisotopic (exact) mass is 301 g/mol. The third-order valence-corrected chi connectivity index (χ3v) is 4.67. The zero-order valence-electron chi connectivity index (χ0n) is 11.5. The summed E-state index contributed by atoms with van der Waals surface area (Å²) in [6.07, 6.45) is 5.39. The highest BCUT2D eigenvalue weighted by atomic mass is 32.1. The number of carbonyl (C=O) groups excluding carboxylic acids is 1. The van der Waals surface area contributed by atoms with Crippen molar-refractivity contribution in [2.75, 3.05) is 6.54 Å². The van der Waals surface area contributed by atoms with Crippen LogP contribution in [-0.4, -0.2) is 17.4 Å². The van der Waals surface area contributed by atoms with Crippen molar-refractivity contribution in [3.05, 3.63) is 64.1 Å². The summed E-state index contributed by atoms with van der Waals surface area (Å²) in [6, 6.07) is 10.4. The highest BCUT2D eigenvalue weighted by Gasteiger charge is 2.29. The van der Waals surface area contributed by atoms with Crippen LogP contribution in [0.15, 0.2) is 47.9 Å². The van der Waals surface area contributed by atoms with Gasteiger partial charge in [0.25, 0.3) is 0 Å². The SMILES string of the molecule is O=C(/C=C/c1ccc(F)cc1)N1CCCC1c1cccs1. The highest BCUT2D eigenvalue weighted by molar-refractivity contribution is 7.10. The number of likely N-dealkylation sites (tertiary alicyclic amines) is 1. The fourth-order valence-corrected chi connectivity index (χ4v) is 3.52. The number of nitrogens with zero attached hydrogens (tertiary/aromatic N) is 1. The summed E-state index contributed by atoms with van der Waals surface area (Å²) >= 11 is 1.70. The van der Waals surface area contributed by atoms with E-state index in [1.807, 2.05) is 16.3 Å². The molecule has 0 N–H and O–H groups in total. The van der Waals surface area contributed by atoms with Gasteiger partial charge >= 0.3 is 0 Å². The van der Waals surface area contributed by atoms with Gasteiger partial charge < -0.3 is 4.90 Å². The molecule has 4 heteroatoms. The van der Waals surface area contributed by atoms with Crippen molar-refractivity contribution in [3.8, 4) is 0 Å². The molecule has 2 aromatic rings. The topological polar surface area (TPSA) is 20.3 Å². The molecule has 0 saturated carbocycles. The van der Waals surface area contributed by atoms with Gasteiger partial charge in [-0.05, 0) is 48.1 Å². The van der Waals surface area contributed by atoms with E-state index in [9.17, 15) is 9.18 Å². The minimum atomic E-state index is -0.268. The molecule has 0 spiro atoms. The van der Waals surface area contributed by atoms with Gasteiger partial charge in [-0.15, -0.1) is 11.3 Å². The normalized spacial score (nSPS) is 18.5. The third-order valence-electron chi connectivity index (χ3n) is 3.70. The van der Waals surface area contributed by atoms with Gasteiger partial charge in [-0.3, -0.25) is 4.79 Å². The lowest BCUT2D eigenvalue weighted by Gasteiger charge is -2.22. The van der Waals surface area contributed by atoms with Gasteiger partial charge in [0, 0.05) is 17.5 Å². The number of hydrogen-bond donors (Lipinski definition) is 0. The first-order chi connectivity index (χ1) is 10.2. The molecule has 1 fully saturated rings. The summed E-state index contributed by atoms with van der Waals surface area (Å²) in [5.74, 6) is -0.244. The first kappa shape index (κ1) is 14.0. The largest absolute Gasteiger partial charge is 0.331 e. The van der Waals surface area contributed by atoms with Gasteiger partial charge in [0.05, 0.1) is 6.04 Å². The van der Waals surface area contributed by atoms with Gasteiger partial charge in [0.15, 0.2) is 0 Å². The van der Waals surface area contributed by atoms with Crippen molar-refractivity contribution in [1.29, 1.82) is 0 Å². The van der Waals surface area contributed by atoms with Crippen LogP contribution in [0.5, 0.6) is 0 Å². The van der Waals surface area contributed by atoms with Crippen molar-refractivity contribution >= 4 is 23.3 Å². The molecule has 0 bridgehead atoms. The molecule has 2 nitrogen and oxygen atoms in total. The maximum absolute atomic E-state index is 12.8. The Morgan fingerprint density at radius 2 is 2.10 bits per heavy atom. The van der Waals surface area contributed by atoms with E-state index in [2.05, 4.69) is 6.07 Å². The molecule has 1 aromatic heterocycles. The fourth-order valence-electron chi connectivity index (χ4n) is 2.64. The Kier molecular flexibility index (Phi) is 4.15. The Hall–Kier alpha value is -1.94. The Morgan fingerprint density at radius 1 is 1.29 bits per heavy atom. The average molecular weight is 301 g/mol. The molecule has 108 valence electrons. The number of carbonyl (C=O) groups is 1. The van der Waals surface area contributed by atoms with Crippen LogP contribution >= 0.6 is 11.3 Å². The quantitative estimate of drug-likeness (QED) is 0.776. The van der Waals surface area contributed by atoms with Gasteiger partial charge in [0.2, 0.25) is 5.91 Å². The van der Waals surface area contributed by atoms with Crippen LogP contribution in [0.25, 0.3) is 6.08 Å². The third kappa shape index (κ3) is 3.22. The van der Waals surface area contributed by atoms with E-state index >= 15 is 0 Å². The maximum Gasteiger partial charge on any atom is 0.247 e. The number of amides is 1. The second-order valence-electron chi connectivity index (χ2n) is 5.09. The standard InChI is InChI=1S/C17H16FNOS/c18-14-8-5-13(6-9-14)7-10-17(20)19-11-1-3-15(19)16-4-2-12-21-16/h2,4-10,12,15H,1,3,11H2/b10-7+. The first-order valence-electron chi connectivity index (χ1n) is 7.02. The molecule has 1 aliphatic rings. The Morgan fingerprint density at radius 3 is 2.81 bits per heavy atom. The number of thiophene rings is 1. The molecule has 1 aromatic carbocycles. The molecular weight excluding hydrogens is 285 g/mol. The van der Waals surface area contributed by atoms with E-state index in [0.717, 1.165) is 24.9 Å². The maximum atomic E-state index is 12.8. The van der Waals surface area contributed by atoms with Crippen molar-refractivity contribution in [2.24, 2.45) is 0 Å². The minimum Gasteiger partial charge on any atom is -0.331 e. The molecule has 1 aliphatic heterocycles. The van der Waals surface area contributed by atoms with Crippen LogP contribution in [0.4, 0.5) is 4.39 Å². The van der Waals surface area contributed by atoms with E-state index in [0.29, 0.717) is 0 Å². The van der Waals surface area contributed by atoms with Crippen LogP contribution in [0.2, 0.25) is 0 Å². The lowest BCUT2D eigenvalue weighted by molar-refractivity contribution is -0.126. The highest BCUT2D eigenvalue weighted by Crippen LogP contribution is 2.34. The summed E-state index contributed by atoms with van der Waals surface area (Å²) in [5.41, 5.74) is 0.830. The number of hydrogen-bond acceptors (Lipinski definition) is 2. The van der Waals surface area contributed by atoms with Crippen LogP contribution in [0.1, 0.15) is 29.3 Å². The second kappa shape index (κ2) is 6.22. The number of rotatable bonds is 3. The van der Waals surface area contributed by atoms with Crippen molar-refractivity contribution in [2.45, 2.75) is 18.9 Å². The van der Waals surface area contributed by atoms with E-state index in [1.54, 1.807) is 35.6 Å². The first-order valence-corrected chi connectivity index (χ1v) is 7.89. The fraction of sp³-hybridized carbons (Fsp3) is 0.235. The summed E-state index contributed by atoms with van der Waals surface area (Å²) in [6.45, 7) is 0.801. The zero-order chi connectivity index (χ0) is 14.7. The molecule has 2 heterocycles. The molecule has 0 radical (unpaired) electrons. The molecule has 1 unspecified atom stereocenters. The van der Waals surface area contributed by atoms with Crippen molar-refractivity contribution < 1.29 is 9.18 Å². The summed E-state index contributed by atoms with van der Waals surface area (Å²) < 4.78 is 12.8. The predicted molar refractivity (Wildman–Crippen MR) is 83.4 cm³/mol.